The number of fused-ring (bicyclic) bond motifs is 1. The second-order valence-corrected chi connectivity index (χ2v) is 4.76. The molecule has 0 atom stereocenters. The summed E-state index contributed by atoms with van der Waals surface area (Å²) < 4.78 is 0. The van der Waals surface area contributed by atoms with E-state index in [1.165, 1.54) is 6.07 Å². The summed E-state index contributed by atoms with van der Waals surface area (Å²) in [6.07, 6.45) is 0. The third kappa shape index (κ3) is 2.32. The molecule has 0 aliphatic carbocycles. The number of nitro benzene ring substituents is 1. The molecule has 105 valence electrons. The van der Waals surface area contributed by atoms with Gasteiger partial charge in [0.25, 0.3) is 5.69 Å². The SMILES string of the molecule is Cc1c([N+](=O)[O-])cc2c(c1CN(C)C)[N]C(=O)C(=O)N2. The van der Waals surface area contributed by atoms with Gasteiger partial charge < -0.3 is 10.2 Å². The molecule has 1 aromatic rings. The highest BCUT2D eigenvalue weighted by molar-refractivity contribution is 6.42. The minimum absolute atomic E-state index is 0.106. The molecule has 8 nitrogen and oxygen atoms in total. The van der Waals surface area contributed by atoms with Gasteiger partial charge in [0.05, 0.1) is 16.3 Å². The zero-order chi connectivity index (χ0) is 15.0. The number of carbonyl (C=O) groups excluding carboxylic acids is 2. The van der Waals surface area contributed by atoms with Crippen molar-refractivity contribution in [2.24, 2.45) is 0 Å². The summed E-state index contributed by atoms with van der Waals surface area (Å²) in [6, 6.07) is 1.23. The van der Waals surface area contributed by atoms with Gasteiger partial charge in [0, 0.05) is 23.7 Å². The van der Waals surface area contributed by atoms with E-state index >= 15 is 0 Å². The van der Waals surface area contributed by atoms with Crippen molar-refractivity contribution in [3.8, 4) is 0 Å². The van der Waals surface area contributed by atoms with E-state index in [9.17, 15) is 19.7 Å². The largest absolute Gasteiger partial charge is 0.335 e. The number of nitrogens with one attached hydrogen (secondary N) is 1. The Hall–Kier alpha value is -2.48. The average Bonchev–Trinajstić information content (AvgIpc) is 2.34. The zero-order valence-electron chi connectivity index (χ0n) is 11.3. The van der Waals surface area contributed by atoms with Crippen molar-refractivity contribution >= 4 is 28.9 Å². The van der Waals surface area contributed by atoms with Crippen LogP contribution >= 0.6 is 0 Å². The summed E-state index contributed by atoms with van der Waals surface area (Å²) >= 11 is 0. The lowest BCUT2D eigenvalue weighted by atomic mass is 10.0. The smallest absolute Gasteiger partial charge is 0.316 e. The number of rotatable bonds is 3. The molecule has 0 aromatic heterocycles. The van der Waals surface area contributed by atoms with Crippen LogP contribution in [0.2, 0.25) is 0 Å². The molecule has 8 heteroatoms. The number of amides is 2. The van der Waals surface area contributed by atoms with E-state index in [2.05, 4.69) is 10.6 Å². The molecule has 0 saturated carbocycles. The van der Waals surface area contributed by atoms with E-state index in [1.54, 1.807) is 21.0 Å². The normalized spacial score (nSPS) is 13.8. The predicted octanol–water partition coefficient (Wildman–Crippen LogP) is 0.679. The van der Waals surface area contributed by atoms with Gasteiger partial charge in [-0.05, 0) is 21.0 Å². The molecular formula is C12H13N4O4. The highest BCUT2D eigenvalue weighted by Crippen LogP contribution is 2.37. The van der Waals surface area contributed by atoms with E-state index in [4.69, 9.17) is 0 Å². The number of carbonyl (C=O) groups is 2. The molecule has 1 N–H and O–H groups in total. The third-order valence-corrected chi connectivity index (χ3v) is 2.99. The molecular weight excluding hydrogens is 264 g/mol. The van der Waals surface area contributed by atoms with Crippen LogP contribution in [0.4, 0.5) is 17.1 Å². The van der Waals surface area contributed by atoms with Crippen molar-refractivity contribution in [3.05, 3.63) is 27.3 Å². The monoisotopic (exact) mass is 277 g/mol. The predicted molar refractivity (Wildman–Crippen MR) is 70.7 cm³/mol. The zero-order valence-corrected chi connectivity index (χ0v) is 11.3. The first-order valence-electron chi connectivity index (χ1n) is 5.84. The topological polar surface area (TPSA) is 107 Å². The summed E-state index contributed by atoms with van der Waals surface area (Å²) in [4.78, 5) is 35.1. The van der Waals surface area contributed by atoms with Crippen LogP contribution in [0.3, 0.4) is 0 Å². The van der Waals surface area contributed by atoms with Crippen molar-refractivity contribution in [2.45, 2.75) is 13.5 Å². The van der Waals surface area contributed by atoms with E-state index < -0.39 is 16.7 Å². The van der Waals surface area contributed by atoms with E-state index in [0.29, 0.717) is 23.4 Å². The van der Waals surface area contributed by atoms with Gasteiger partial charge in [-0.15, -0.1) is 0 Å². The molecule has 0 saturated heterocycles. The molecule has 1 aliphatic rings. The minimum atomic E-state index is -0.897. The van der Waals surface area contributed by atoms with Gasteiger partial charge in [-0.3, -0.25) is 19.7 Å². The Balaban J connectivity index is 2.66. The number of benzene rings is 1. The van der Waals surface area contributed by atoms with Crippen molar-refractivity contribution in [2.75, 3.05) is 19.4 Å². The van der Waals surface area contributed by atoms with E-state index in [0.717, 1.165) is 0 Å². The van der Waals surface area contributed by atoms with Gasteiger partial charge in [-0.1, -0.05) is 0 Å². The molecule has 1 heterocycles. The molecule has 0 fully saturated rings. The van der Waals surface area contributed by atoms with Crippen LogP contribution in [0.5, 0.6) is 0 Å². The van der Waals surface area contributed by atoms with Gasteiger partial charge in [-0.2, -0.15) is 0 Å². The summed E-state index contributed by atoms with van der Waals surface area (Å²) in [6.45, 7) is 1.98. The maximum Gasteiger partial charge on any atom is 0.335 e. The van der Waals surface area contributed by atoms with Crippen LogP contribution in [-0.4, -0.2) is 35.7 Å². The Morgan fingerprint density at radius 2 is 2.05 bits per heavy atom. The lowest BCUT2D eigenvalue weighted by Crippen LogP contribution is -2.34. The Labute approximate surface area is 114 Å². The molecule has 20 heavy (non-hydrogen) atoms. The standard InChI is InChI=1S/C12H13N4O4/c1-6-7(5-15(2)3)10-8(4-9(6)16(19)20)13-11(17)12(18)14-10/h4H,5H2,1-3H3,(H,13,17). The highest BCUT2D eigenvalue weighted by atomic mass is 16.6. The fraction of sp³-hybridized carbons (Fsp3) is 0.333. The maximum atomic E-state index is 11.4. The first-order chi connectivity index (χ1) is 9.31. The van der Waals surface area contributed by atoms with Crippen LogP contribution in [0.15, 0.2) is 6.07 Å². The van der Waals surface area contributed by atoms with Crippen molar-refractivity contribution in [1.29, 1.82) is 0 Å². The number of hydrogen-bond donors (Lipinski definition) is 1. The lowest BCUT2D eigenvalue weighted by Gasteiger charge is -2.22. The second-order valence-electron chi connectivity index (χ2n) is 4.76. The van der Waals surface area contributed by atoms with Crippen LogP contribution in [0.25, 0.3) is 0 Å². The van der Waals surface area contributed by atoms with Crippen LogP contribution in [-0.2, 0) is 16.1 Å². The lowest BCUT2D eigenvalue weighted by molar-refractivity contribution is -0.385. The first-order valence-corrected chi connectivity index (χ1v) is 5.84. The number of hydrogen-bond acceptors (Lipinski definition) is 5. The third-order valence-electron chi connectivity index (χ3n) is 2.99. The summed E-state index contributed by atoms with van der Waals surface area (Å²) in [5.74, 6) is -1.78. The maximum absolute atomic E-state index is 11.4. The van der Waals surface area contributed by atoms with Gasteiger partial charge in [0.2, 0.25) is 0 Å². The number of nitrogens with zero attached hydrogens (tertiary/aromatic N) is 3. The van der Waals surface area contributed by atoms with Crippen LogP contribution in [0.1, 0.15) is 11.1 Å². The summed E-state index contributed by atoms with van der Waals surface area (Å²) in [5.41, 5.74) is 1.39. The molecule has 1 aromatic carbocycles. The molecule has 1 radical (unpaired) electrons. The van der Waals surface area contributed by atoms with Crippen molar-refractivity contribution in [1.82, 2.24) is 10.2 Å². The molecule has 0 spiro atoms. The van der Waals surface area contributed by atoms with E-state index in [-0.39, 0.29) is 11.4 Å². The Morgan fingerprint density at radius 1 is 1.40 bits per heavy atom. The summed E-state index contributed by atoms with van der Waals surface area (Å²) in [5, 5.41) is 17.2. The van der Waals surface area contributed by atoms with Gasteiger partial charge >= 0.3 is 11.8 Å². The minimum Gasteiger partial charge on any atom is -0.316 e. The fourth-order valence-electron chi connectivity index (χ4n) is 2.06. The highest BCUT2D eigenvalue weighted by Gasteiger charge is 2.31. The van der Waals surface area contributed by atoms with Gasteiger partial charge in [-0.25, -0.2) is 5.32 Å². The van der Waals surface area contributed by atoms with Crippen molar-refractivity contribution < 1.29 is 14.5 Å². The number of nitro groups is 1. The van der Waals surface area contributed by atoms with Crippen molar-refractivity contribution in [3.63, 3.8) is 0 Å². The molecule has 0 bridgehead atoms. The Morgan fingerprint density at radius 3 is 2.60 bits per heavy atom. The van der Waals surface area contributed by atoms with E-state index in [1.807, 2.05) is 4.90 Å². The molecule has 2 rings (SSSR count). The van der Waals surface area contributed by atoms with Gasteiger partial charge in [0.1, 0.15) is 0 Å². The van der Waals surface area contributed by atoms with Gasteiger partial charge in [0.15, 0.2) is 0 Å². The Bertz CT molecular complexity index is 624. The van der Waals surface area contributed by atoms with Crippen LogP contribution < -0.4 is 10.6 Å². The summed E-state index contributed by atoms with van der Waals surface area (Å²) in [7, 11) is 3.60. The quantitative estimate of drug-likeness (QED) is 0.496. The number of anilines is 1. The van der Waals surface area contributed by atoms with Crippen LogP contribution in [0, 0.1) is 17.0 Å². The molecule has 2 amide bonds. The first kappa shape index (κ1) is 13.9. The Kier molecular flexibility index (Phi) is 3.41. The second kappa shape index (κ2) is 4.89. The average molecular weight is 277 g/mol. The molecule has 0 unspecified atom stereocenters. The fourth-order valence-corrected chi connectivity index (χ4v) is 2.06. The molecule has 1 aliphatic heterocycles.